The number of carbonyl (C=O) groups is 1. The van der Waals surface area contributed by atoms with Gasteiger partial charge in [0.2, 0.25) is 0 Å². The highest BCUT2D eigenvalue weighted by Gasteiger charge is 2.22. The van der Waals surface area contributed by atoms with Crippen LogP contribution < -0.4 is 14.4 Å². The minimum Gasteiger partial charge on any atom is -0.497 e. The van der Waals surface area contributed by atoms with Crippen LogP contribution in [-0.4, -0.2) is 56.7 Å². The SMILES string of the molecule is COc1cccc(OCC(=O)N(CCCN(C)C)c2nc3c(F)cc(F)cc3s2)c1. The summed E-state index contributed by atoms with van der Waals surface area (Å²) in [6, 6.07) is 8.95. The molecule has 0 radical (unpaired) electrons. The van der Waals surface area contributed by atoms with E-state index in [-0.39, 0.29) is 18.0 Å². The molecule has 0 N–H and O–H groups in total. The maximum atomic E-state index is 14.1. The predicted molar refractivity (Wildman–Crippen MR) is 114 cm³/mol. The number of hydrogen-bond acceptors (Lipinski definition) is 6. The third-order valence-corrected chi connectivity index (χ3v) is 5.35. The van der Waals surface area contributed by atoms with Gasteiger partial charge in [-0.05, 0) is 45.3 Å². The number of carbonyl (C=O) groups excluding carboxylic acids is 1. The van der Waals surface area contributed by atoms with Crippen LogP contribution in [0.25, 0.3) is 10.2 Å². The standard InChI is InChI=1S/C21H23F2N3O3S/c1-25(2)8-5-9-26(19(27)13-29-16-7-4-6-15(12-16)28-3)21-24-20-17(23)10-14(22)11-18(20)30-21/h4,6-7,10-12H,5,8-9,13H2,1-3H3. The summed E-state index contributed by atoms with van der Waals surface area (Å²) < 4.78 is 38.8. The Bertz CT molecular complexity index is 1030. The highest BCUT2D eigenvalue weighted by Crippen LogP contribution is 2.31. The lowest BCUT2D eigenvalue weighted by molar-refractivity contribution is -0.120. The van der Waals surface area contributed by atoms with Gasteiger partial charge in [0.25, 0.3) is 5.91 Å². The lowest BCUT2D eigenvalue weighted by Crippen LogP contribution is -2.36. The summed E-state index contributed by atoms with van der Waals surface area (Å²) >= 11 is 1.07. The molecule has 160 valence electrons. The van der Waals surface area contributed by atoms with Crippen molar-refractivity contribution >= 4 is 32.6 Å². The van der Waals surface area contributed by atoms with Crippen molar-refractivity contribution in [3.05, 3.63) is 48.0 Å². The molecule has 3 aromatic rings. The largest absolute Gasteiger partial charge is 0.497 e. The zero-order chi connectivity index (χ0) is 21.7. The number of anilines is 1. The van der Waals surface area contributed by atoms with Crippen LogP contribution in [-0.2, 0) is 4.79 Å². The molecule has 3 rings (SSSR count). The van der Waals surface area contributed by atoms with Gasteiger partial charge >= 0.3 is 0 Å². The van der Waals surface area contributed by atoms with Crippen LogP contribution in [0.4, 0.5) is 13.9 Å². The Balaban J connectivity index is 1.80. The van der Waals surface area contributed by atoms with E-state index in [1.165, 1.54) is 11.0 Å². The molecule has 0 aliphatic rings. The van der Waals surface area contributed by atoms with Gasteiger partial charge in [0.15, 0.2) is 17.6 Å². The molecule has 2 aromatic carbocycles. The van der Waals surface area contributed by atoms with E-state index in [4.69, 9.17) is 9.47 Å². The van der Waals surface area contributed by atoms with Gasteiger partial charge in [0.1, 0.15) is 22.8 Å². The van der Waals surface area contributed by atoms with E-state index in [0.29, 0.717) is 34.3 Å². The Morgan fingerprint density at radius 3 is 2.63 bits per heavy atom. The second kappa shape index (κ2) is 9.82. The Kier molecular flexibility index (Phi) is 7.17. The lowest BCUT2D eigenvalue weighted by Gasteiger charge is -2.21. The second-order valence-electron chi connectivity index (χ2n) is 6.90. The summed E-state index contributed by atoms with van der Waals surface area (Å²) in [7, 11) is 5.42. The van der Waals surface area contributed by atoms with Crippen molar-refractivity contribution in [2.24, 2.45) is 0 Å². The molecule has 0 bridgehead atoms. The molecule has 0 saturated carbocycles. The van der Waals surface area contributed by atoms with Crippen LogP contribution in [0.15, 0.2) is 36.4 Å². The molecule has 1 heterocycles. The highest BCUT2D eigenvalue weighted by molar-refractivity contribution is 7.22. The first kappa shape index (κ1) is 21.9. The van der Waals surface area contributed by atoms with Crippen molar-refractivity contribution in [2.75, 3.05) is 45.8 Å². The molecule has 1 aromatic heterocycles. The fraction of sp³-hybridized carbons (Fsp3) is 0.333. The number of fused-ring (bicyclic) bond motifs is 1. The number of halogens is 2. The predicted octanol–water partition coefficient (Wildman–Crippen LogP) is 3.95. The fourth-order valence-corrected chi connectivity index (χ4v) is 3.90. The number of benzene rings is 2. The fourth-order valence-electron chi connectivity index (χ4n) is 2.85. The zero-order valence-electron chi connectivity index (χ0n) is 17.0. The smallest absolute Gasteiger partial charge is 0.266 e. The second-order valence-corrected chi connectivity index (χ2v) is 7.91. The molecular formula is C21H23F2N3O3S. The molecule has 0 spiro atoms. The number of aromatic nitrogens is 1. The van der Waals surface area contributed by atoms with E-state index in [0.717, 1.165) is 23.9 Å². The zero-order valence-corrected chi connectivity index (χ0v) is 17.8. The maximum Gasteiger partial charge on any atom is 0.266 e. The maximum absolute atomic E-state index is 14.1. The molecule has 0 saturated heterocycles. The molecule has 0 fully saturated rings. The van der Waals surface area contributed by atoms with E-state index < -0.39 is 11.6 Å². The minimum absolute atomic E-state index is 0.0514. The van der Waals surface area contributed by atoms with E-state index >= 15 is 0 Å². The first-order valence-electron chi connectivity index (χ1n) is 9.35. The molecule has 0 aliphatic heterocycles. The van der Waals surface area contributed by atoms with Crippen LogP contribution in [0.3, 0.4) is 0 Å². The van der Waals surface area contributed by atoms with Crippen molar-refractivity contribution < 1.29 is 23.0 Å². The number of thiazole rings is 1. The Labute approximate surface area is 177 Å². The van der Waals surface area contributed by atoms with Gasteiger partial charge < -0.3 is 14.4 Å². The van der Waals surface area contributed by atoms with Crippen LogP contribution in [0.1, 0.15) is 6.42 Å². The first-order chi connectivity index (χ1) is 14.4. The normalized spacial score (nSPS) is 11.1. The van der Waals surface area contributed by atoms with Crippen molar-refractivity contribution in [3.8, 4) is 11.5 Å². The molecular weight excluding hydrogens is 412 g/mol. The van der Waals surface area contributed by atoms with Gasteiger partial charge in [-0.2, -0.15) is 0 Å². The molecule has 0 aliphatic carbocycles. The number of hydrogen-bond donors (Lipinski definition) is 0. The highest BCUT2D eigenvalue weighted by atomic mass is 32.1. The number of methoxy groups -OCH3 is 1. The lowest BCUT2D eigenvalue weighted by atomic mass is 10.3. The average molecular weight is 435 g/mol. The topological polar surface area (TPSA) is 54.9 Å². The summed E-state index contributed by atoms with van der Waals surface area (Å²) in [4.78, 5) is 20.6. The molecule has 6 nitrogen and oxygen atoms in total. The van der Waals surface area contributed by atoms with Gasteiger partial charge in [0, 0.05) is 18.7 Å². The molecule has 30 heavy (non-hydrogen) atoms. The van der Waals surface area contributed by atoms with E-state index in [1.807, 2.05) is 19.0 Å². The third kappa shape index (κ3) is 5.43. The summed E-state index contributed by atoms with van der Waals surface area (Å²) in [6.45, 7) is 0.915. The van der Waals surface area contributed by atoms with Crippen LogP contribution in [0.2, 0.25) is 0 Å². The van der Waals surface area contributed by atoms with Crippen molar-refractivity contribution in [1.29, 1.82) is 0 Å². The summed E-state index contributed by atoms with van der Waals surface area (Å²) in [5.74, 6) is -0.640. The Hall–Kier alpha value is -2.78. The monoisotopic (exact) mass is 435 g/mol. The van der Waals surface area contributed by atoms with E-state index in [2.05, 4.69) is 4.98 Å². The van der Waals surface area contributed by atoms with Crippen LogP contribution in [0.5, 0.6) is 11.5 Å². The van der Waals surface area contributed by atoms with E-state index in [1.54, 1.807) is 31.4 Å². The van der Waals surface area contributed by atoms with E-state index in [9.17, 15) is 13.6 Å². The Morgan fingerprint density at radius 2 is 1.90 bits per heavy atom. The van der Waals surface area contributed by atoms with Gasteiger partial charge in [0.05, 0.1) is 11.8 Å². The number of amides is 1. The van der Waals surface area contributed by atoms with Crippen molar-refractivity contribution in [2.45, 2.75) is 6.42 Å². The molecule has 9 heteroatoms. The van der Waals surface area contributed by atoms with Crippen LogP contribution >= 0.6 is 11.3 Å². The summed E-state index contributed by atoms with van der Waals surface area (Å²) in [5, 5.41) is 0.312. The molecule has 1 amide bonds. The van der Waals surface area contributed by atoms with Crippen molar-refractivity contribution in [3.63, 3.8) is 0 Å². The summed E-state index contributed by atoms with van der Waals surface area (Å²) in [6.07, 6.45) is 0.685. The van der Waals surface area contributed by atoms with Gasteiger partial charge in [-0.1, -0.05) is 17.4 Å². The third-order valence-electron chi connectivity index (χ3n) is 4.32. The van der Waals surface area contributed by atoms with Crippen molar-refractivity contribution in [1.82, 2.24) is 9.88 Å². The molecule has 0 unspecified atom stereocenters. The number of ether oxygens (including phenoxy) is 2. The van der Waals surface area contributed by atoms with Gasteiger partial charge in [-0.25, -0.2) is 13.8 Å². The minimum atomic E-state index is -0.749. The quantitative estimate of drug-likeness (QED) is 0.510. The first-order valence-corrected chi connectivity index (χ1v) is 10.2. The Morgan fingerprint density at radius 1 is 1.13 bits per heavy atom. The van der Waals surface area contributed by atoms with Gasteiger partial charge in [-0.15, -0.1) is 0 Å². The van der Waals surface area contributed by atoms with Gasteiger partial charge in [-0.3, -0.25) is 9.69 Å². The summed E-state index contributed by atoms with van der Waals surface area (Å²) in [5.41, 5.74) is 0.0514. The number of nitrogens with zero attached hydrogens (tertiary/aromatic N) is 3. The van der Waals surface area contributed by atoms with Crippen LogP contribution in [0, 0.1) is 11.6 Å². The number of rotatable bonds is 9. The molecule has 0 atom stereocenters. The average Bonchev–Trinajstić information content (AvgIpc) is 3.13.